The maximum absolute atomic E-state index is 4.27. The standard InChI is InChI=1S/C16H32N4.HI/c1-14-7-3-5-11-20(14)12-6-4-10-18-16(17-2)19-13-15-8-9-15;/h14-15H,3-13H2,1-2H3,(H2,17,18,19);1H. The minimum absolute atomic E-state index is 0. The molecule has 0 radical (unpaired) electrons. The summed E-state index contributed by atoms with van der Waals surface area (Å²) in [5, 5.41) is 6.83. The second kappa shape index (κ2) is 10.6. The maximum atomic E-state index is 4.27. The van der Waals surface area contributed by atoms with Crippen molar-refractivity contribution in [2.45, 2.75) is 57.9 Å². The molecule has 2 N–H and O–H groups in total. The quantitative estimate of drug-likeness (QED) is 0.295. The first-order valence-electron chi connectivity index (χ1n) is 8.48. The molecule has 5 heteroatoms. The van der Waals surface area contributed by atoms with Crippen LogP contribution in [0.25, 0.3) is 0 Å². The number of halogens is 1. The number of hydrogen-bond donors (Lipinski definition) is 2. The summed E-state index contributed by atoms with van der Waals surface area (Å²) in [6, 6.07) is 0.796. The Balaban J connectivity index is 0.00000220. The Morgan fingerprint density at radius 1 is 1.14 bits per heavy atom. The van der Waals surface area contributed by atoms with Gasteiger partial charge in [-0.1, -0.05) is 6.42 Å². The zero-order valence-corrected chi connectivity index (χ0v) is 16.1. The fourth-order valence-electron chi connectivity index (χ4n) is 2.92. The Morgan fingerprint density at radius 2 is 1.95 bits per heavy atom. The van der Waals surface area contributed by atoms with Gasteiger partial charge in [-0.25, -0.2) is 0 Å². The van der Waals surface area contributed by atoms with E-state index in [1.165, 1.54) is 58.0 Å². The monoisotopic (exact) mass is 408 g/mol. The zero-order valence-electron chi connectivity index (χ0n) is 13.7. The van der Waals surface area contributed by atoms with Gasteiger partial charge in [-0.2, -0.15) is 0 Å². The molecule has 1 saturated heterocycles. The molecule has 2 fully saturated rings. The smallest absolute Gasteiger partial charge is 0.190 e. The van der Waals surface area contributed by atoms with E-state index in [4.69, 9.17) is 0 Å². The van der Waals surface area contributed by atoms with Gasteiger partial charge in [-0.15, -0.1) is 24.0 Å². The van der Waals surface area contributed by atoms with Crippen LogP contribution in [0.4, 0.5) is 0 Å². The molecule has 1 aliphatic heterocycles. The molecule has 21 heavy (non-hydrogen) atoms. The highest BCUT2D eigenvalue weighted by Gasteiger charge is 2.21. The van der Waals surface area contributed by atoms with Gasteiger partial charge >= 0.3 is 0 Å². The van der Waals surface area contributed by atoms with E-state index in [0.29, 0.717) is 0 Å². The predicted octanol–water partition coefficient (Wildman–Crippen LogP) is 2.83. The van der Waals surface area contributed by atoms with Gasteiger partial charge < -0.3 is 15.5 Å². The molecule has 2 aliphatic rings. The van der Waals surface area contributed by atoms with Gasteiger partial charge in [0, 0.05) is 26.2 Å². The molecule has 1 heterocycles. The van der Waals surface area contributed by atoms with Gasteiger partial charge in [0.05, 0.1) is 0 Å². The lowest BCUT2D eigenvalue weighted by Crippen LogP contribution is -2.40. The van der Waals surface area contributed by atoms with Crippen LogP contribution < -0.4 is 10.6 Å². The Morgan fingerprint density at radius 3 is 2.62 bits per heavy atom. The van der Waals surface area contributed by atoms with Crippen molar-refractivity contribution in [3.8, 4) is 0 Å². The second-order valence-electron chi connectivity index (χ2n) is 6.41. The van der Waals surface area contributed by atoms with E-state index in [1.807, 2.05) is 7.05 Å². The number of piperidine rings is 1. The van der Waals surface area contributed by atoms with Crippen molar-refractivity contribution in [1.29, 1.82) is 0 Å². The van der Waals surface area contributed by atoms with E-state index in [2.05, 4.69) is 27.4 Å². The molecule has 1 saturated carbocycles. The molecule has 4 nitrogen and oxygen atoms in total. The number of aliphatic imine (C=N–C) groups is 1. The summed E-state index contributed by atoms with van der Waals surface area (Å²) in [4.78, 5) is 6.93. The number of nitrogens with zero attached hydrogens (tertiary/aromatic N) is 2. The van der Waals surface area contributed by atoms with Gasteiger partial charge in [-0.3, -0.25) is 4.99 Å². The average Bonchev–Trinajstić information content (AvgIpc) is 3.28. The van der Waals surface area contributed by atoms with Gasteiger partial charge in [0.2, 0.25) is 0 Å². The summed E-state index contributed by atoms with van der Waals surface area (Å²) >= 11 is 0. The second-order valence-corrected chi connectivity index (χ2v) is 6.41. The molecular formula is C16H33IN4. The molecule has 0 spiro atoms. The van der Waals surface area contributed by atoms with Crippen LogP contribution in [0.3, 0.4) is 0 Å². The first-order valence-corrected chi connectivity index (χ1v) is 8.48. The van der Waals surface area contributed by atoms with Crippen molar-refractivity contribution in [1.82, 2.24) is 15.5 Å². The van der Waals surface area contributed by atoms with Gasteiger partial charge in [-0.05, 0) is 64.5 Å². The number of guanidine groups is 1. The molecule has 1 unspecified atom stereocenters. The van der Waals surface area contributed by atoms with E-state index < -0.39 is 0 Å². The SMILES string of the molecule is CN=C(NCCCCN1CCCCC1C)NCC1CC1.I. The van der Waals surface area contributed by atoms with Crippen molar-refractivity contribution in [2.75, 3.05) is 33.2 Å². The maximum Gasteiger partial charge on any atom is 0.190 e. The van der Waals surface area contributed by atoms with E-state index in [1.54, 1.807) is 0 Å². The van der Waals surface area contributed by atoms with Crippen LogP contribution >= 0.6 is 24.0 Å². The molecule has 124 valence electrons. The largest absolute Gasteiger partial charge is 0.356 e. The van der Waals surface area contributed by atoms with Crippen molar-refractivity contribution < 1.29 is 0 Å². The van der Waals surface area contributed by atoms with Crippen LogP contribution in [0.5, 0.6) is 0 Å². The average molecular weight is 408 g/mol. The number of unbranched alkanes of at least 4 members (excludes halogenated alkanes) is 1. The molecule has 2 rings (SSSR count). The Kier molecular flexibility index (Phi) is 9.64. The topological polar surface area (TPSA) is 39.7 Å². The fraction of sp³-hybridized carbons (Fsp3) is 0.938. The highest BCUT2D eigenvalue weighted by atomic mass is 127. The van der Waals surface area contributed by atoms with E-state index in [0.717, 1.165) is 31.0 Å². The van der Waals surface area contributed by atoms with Crippen LogP contribution in [0.2, 0.25) is 0 Å². The van der Waals surface area contributed by atoms with Crippen LogP contribution in [0, 0.1) is 5.92 Å². The van der Waals surface area contributed by atoms with Crippen molar-refractivity contribution in [2.24, 2.45) is 10.9 Å². The third-order valence-electron chi connectivity index (χ3n) is 4.58. The predicted molar refractivity (Wildman–Crippen MR) is 102 cm³/mol. The summed E-state index contributed by atoms with van der Waals surface area (Å²) in [5.74, 6) is 1.87. The molecule has 0 amide bonds. The molecule has 1 atom stereocenters. The van der Waals surface area contributed by atoms with Crippen LogP contribution in [0.15, 0.2) is 4.99 Å². The normalized spacial score (nSPS) is 23.5. The number of hydrogen-bond acceptors (Lipinski definition) is 2. The van der Waals surface area contributed by atoms with E-state index in [9.17, 15) is 0 Å². The Bertz CT molecular complexity index is 305. The number of likely N-dealkylation sites (tertiary alicyclic amines) is 1. The third kappa shape index (κ3) is 7.68. The third-order valence-corrected chi connectivity index (χ3v) is 4.58. The fourth-order valence-corrected chi connectivity index (χ4v) is 2.92. The van der Waals surface area contributed by atoms with Crippen molar-refractivity contribution in [3.05, 3.63) is 0 Å². The van der Waals surface area contributed by atoms with Crippen molar-refractivity contribution in [3.63, 3.8) is 0 Å². The van der Waals surface area contributed by atoms with Gasteiger partial charge in [0.15, 0.2) is 5.96 Å². The summed E-state index contributed by atoms with van der Waals surface area (Å²) in [7, 11) is 1.86. The highest BCUT2D eigenvalue weighted by molar-refractivity contribution is 14.0. The lowest BCUT2D eigenvalue weighted by atomic mass is 10.0. The number of rotatable bonds is 7. The molecule has 1 aliphatic carbocycles. The van der Waals surface area contributed by atoms with Gasteiger partial charge in [0.1, 0.15) is 0 Å². The van der Waals surface area contributed by atoms with Gasteiger partial charge in [0.25, 0.3) is 0 Å². The summed E-state index contributed by atoms with van der Waals surface area (Å²) in [6.45, 7) is 7.06. The van der Waals surface area contributed by atoms with Crippen LogP contribution in [0.1, 0.15) is 51.9 Å². The first-order chi connectivity index (χ1) is 9.79. The summed E-state index contributed by atoms with van der Waals surface area (Å²) in [6.07, 6.45) is 9.48. The summed E-state index contributed by atoms with van der Waals surface area (Å²) < 4.78 is 0. The Labute approximate surface area is 147 Å². The molecule has 0 bridgehead atoms. The highest BCUT2D eigenvalue weighted by Crippen LogP contribution is 2.27. The van der Waals surface area contributed by atoms with E-state index in [-0.39, 0.29) is 24.0 Å². The minimum Gasteiger partial charge on any atom is -0.356 e. The molecule has 0 aromatic rings. The van der Waals surface area contributed by atoms with Crippen LogP contribution in [-0.4, -0.2) is 50.1 Å². The first kappa shape index (κ1) is 19.0. The lowest BCUT2D eigenvalue weighted by molar-refractivity contribution is 0.158. The molecule has 0 aromatic heterocycles. The number of nitrogens with one attached hydrogen (secondary N) is 2. The molecular weight excluding hydrogens is 375 g/mol. The van der Waals surface area contributed by atoms with Crippen LogP contribution in [-0.2, 0) is 0 Å². The zero-order chi connectivity index (χ0) is 14.2. The molecule has 0 aromatic carbocycles. The van der Waals surface area contributed by atoms with Crippen molar-refractivity contribution >= 4 is 29.9 Å². The lowest BCUT2D eigenvalue weighted by Gasteiger charge is -2.33. The minimum atomic E-state index is 0. The van der Waals surface area contributed by atoms with E-state index >= 15 is 0 Å². The Hall–Kier alpha value is -0.0400. The summed E-state index contributed by atoms with van der Waals surface area (Å²) in [5.41, 5.74) is 0.